The molecule has 0 spiro atoms. The minimum atomic E-state index is -0.603. The van der Waals surface area contributed by atoms with Gasteiger partial charge in [-0.1, -0.05) is 46.3 Å². The summed E-state index contributed by atoms with van der Waals surface area (Å²) in [5.41, 5.74) is 2.03. The molecule has 5 nitrogen and oxygen atoms in total. The van der Waals surface area contributed by atoms with Crippen LogP contribution in [0.15, 0.2) is 86.5 Å². The van der Waals surface area contributed by atoms with Gasteiger partial charge in [0.05, 0.1) is 24.1 Å². The summed E-state index contributed by atoms with van der Waals surface area (Å²) in [6.07, 6.45) is 0. The fourth-order valence-corrected chi connectivity index (χ4v) is 4.30. The molecule has 148 valence electrons. The van der Waals surface area contributed by atoms with Crippen LogP contribution in [0.25, 0.3) is 11.0 Å². The third kappa shape index (κ3) is 2.83. The van der Waals surface area contributed by atoms with E-state index in [9.17, 15) is 9.59 Å². The fourth-order valence-electron chi connectivity index (χ4n) is 3.91. The first-order valence-corrected chi connectivity index (χ1v) is 10.2. The van der Waals surface area contributed by atoms with E-state index in [1.54, 1.807) is 36.3 Å². The number of methoxy groups -OCH3 is 1. The molecule has 5 rings (SSSR count). The monoisotopic (exact) mass is 461 g/mol. The van der Waals surface area contributed by atoms with Crippen molar-refractivity contribution < 1.29 is 13.9 Å². The molecule has 1 aliphatic rings. The van der Waals surface area contributed by atoms with Gasteiger partial charge >= 0.3 is 0 Å². The van der Waals surface area contributed by atoms with Crippen molar-refractivity contribution in [3.63, 3.8) is 0 Å². The van der Waals surface area contributed by atoms with Gasteiger partial charge in [0.15, 0.2) is 5.43 Å². The number of amides is 1. The third-order valence-electron chi connectivity index (χ3n) is 5.30. The molecule has 0 saturated carbocycles. The van der Waals surface area contributed by atoms with Crippen LogP contribution < -0.4 is 15.1 Å². The Balaban J connectivity index is 1.80. The number of benzene rings is 3. The predicted molar refractivity (Wildman–Crippen MR) is 118 cm³/mol. The molecule has 4 aromatic rings. The van der Waals surface area contributed by atoms with E-state index in [1.165, 1.54) is 0 Å². The summed E-state index contributed by atoms with van der Waals surface area (Å²) in [6.45, 7) is 0. The van der Waals surface area contributed by atoms with Crippen LogP contribution in [-0.2, 0) is 0 Å². The number of hydrogen-bond donors (Lipinski definition) is 0. The Morgan fingerprint density at radius 2 is 1.73 bits per heavy atom. The summed E-state index contributed by atoms with van der Waals surface area (Å²) in [4.78, 5) is 28.5. The average molecular weight is 462 g/mol. The highest BCUT2D eigenvalue weighted by Gasteiger charge is 2.43. The lowest BCUT2D eigenvalue weighted by Crippen LogP contribution is -2.29. The van der Waals surface area contributed by atoms with Crippen LogP contribution in [-0.4, -0.2) is 13.0 Å². The summed E-state index contributed by atoms with van der Waals surface area (Å²) in [5, 5.41) is 0.457. The molecule has 0 radical (unpaired) electrons. The minimum absolute atomic E-state index is 0.0829. The Morgan fingerprint density at radius 1 is 0.967 bits per heavy atom. The quantitative estimate of drug-likeness (QED) is 0.414. The molecular weight excluding hydrogens is 446 g/mol. The first kappa shape index (κ1) is 18.6. The highest BCUT2D eigenvalue weighted by Crippen LogP contribution is 2.42. The van der Waals surface area contributed by atoms with Crippen LogP contribution in [0.3, 0.4) is 0 Å². The minimum Gasteiger partial charge on any atom is -0.497 e. The summed E-state index contributed by atoms with van der Waals surface area (Å²) in [7, 11) is 1.60. The molecule has 0 bridgehead atoms. The van der Waals surface area contributed by atoms with Gasteiger partial charge in [0, 0.05) is 10.2 Å². The van der Waals surface area contributed by atoms with Crippen molar-refractivity contribution in [2.75, 3.05) is 12.0 Å². The lowest BCUT2D eigenvalue weighted by atomic mass is 9.98. The topological polar surface area (TPSA) is 59.8 Å². The molecule has 30 heavy (non-hydrogen) atoms. The van der Waals surface area contributed by atoms with Crippen molar-refractivity contribution in [1.82, 2.24) is 0 Å². The van der Waals surface area contributed by atoms with Gasteiger partial charge in [0.1, 0.15) is 11.3 Å². The molecule has 0 N–H and O–H groups in total. The summed E-state index contributed by atoms with van der Waals surface area (Å²) < 4.78 is 12.0. The number of nitrogens with zero attached hydrogens (tertiary/aromatic N) is 1. The molecule has 0 fully saturated rings. The largest absolute Gasteiger partial charge is 0.497 e. The van der Waals surface area contributed by atoms with E-state index in [0.29, 0.717) is 28.0 Å². The highest BCUT2D eigenvalue weighted by molar-refractivity contribution is 9.10. The standard InChI is InChI=1S/C24H16BrNO4/c1-29-17-11-9-14(10-12-17)21-20-22(27)18-7-2-3-8-19(18)30-23(20)24(28)26(21)16-6-4-5-15(25)13-16/h2-13,21H,1H3. The summed E-state index contributed by atoms with van der Waals surface area (Å²) in [5.74, 6) is 0.439. The van der Waals surface area contributed by atoms with Crippen LogP contribution in [0.5, 0.6) is 5.75 Å². The normalized spacial score (nSPS) is 15.5. The van der Waals surface area contributed by atoms with Crippen LogP contribution >= 0.6 is 15.9 Å². The number of para-hydroxylation sites is 1. The number of halogens is 1. The van der Waals surface area contributed by atoms with E-state index in [-0.39, 0.29) is 17.1 Å². The Kier molecular flexibility index (Phi) is 4.44. The first-order valence-electron chi connectivity index (χ1n) is 9.37. The van der Waals surface area contributed by atoms with Gasteiger partial charge < -0.3 is 9.15 Å². The van der Waals surface area contributed by atoms with Crippen molar-refractivity contribution >= 4 is 38.5 Å². The van der Waals surface area contributed by atoms with Gasteiger partial charge in [0.25, 0.3) is 5.91 Å². The second-order valence-electron chi connectivity index (χ2n) is 7.00. The zero-order chi connectivity index (χ0) is 20.8. The van der Waals surface area contributed by atoms with Gasteiger partial charge in [-0.3, -0.25) is 14.5 Å². The number of carbonyl (C=O) groups excluding carboxylic acids is 1. The van der Waals surface area contributed by atoms with Gasteiger partial charge in [-0.05, 0) is 48.0 Å². The van der Waals surface area contributed by atoms with Crippen molar-refractivity contribution in [3.8, 4) is 5.75 Å². The smallest absolute Gasteiger partial charge is 0.295 e. The average Bonchev–Trinajstić information content (AvgIpc) is 3.06. The maximum Gasteiger partial charge on any atom is 0.295 e. The van der Waals surface area contributed by atoms with E-state index >= 15 is 0 Å². The molecule has 0 aliphatic carbocycles. The number of anilines is 1. The number of hydrogen-bond acceptors (Lipinski definition) is 4. The van der Waals surface area contributed by atoms with Gasteiger partial charge in [0.2, 0.25) is 5.76 Å². The van der Waals surface area contributed by atoms with E-state index in [1.807, 2.05) is 48.5 Å². The molecule has 0 saturated heterocycles. The van der Waals surface area contributed by atoms with Crippen molar-refractivity contribution in [1.29, 1.82) is 0 Å². The van der Waals surface area contributed by atoms with Gasteiger partial charge in [-0.25, -0.2) is 0 Å². The fraction of sp³-hybridized carbons (Fsp3) is 0.0833. The van der Waals surface area contributed by atoms with Gasteiger partial charge in [-0.15, -0.1) is 0 Å². The molecule has 1 unspecified atom stereocenters. The summed E-state index contributed by atoms with van der Waals surface area (Å²) >= 11 is 3.47. The zero-order valence-corrected chi connectivity index (χ0v) is 17.5. The molecule has 1 aliphatic heterocycles. The van der Waals surface area contributed by atoms with E-state index in [2.05, 4.69) is 15.9 Å². The van der Waals surface area contributed by atoms with E-state index < -0.39 is 6.04 Å². The number of rotatable bonds is 3. The molecule has 1 amide bonds. The maximum atomic E-state index is 13.5. The molecule has 1 aromatic heterocycles. The van der Waals surface area contributed by atoms with Crippen LogP contribution in [0.2, 0.25) is 0 Å². The van der Waals surface area contributed by atoms with Crippen LogP contribution in [0.1, 0.15) is 27.7 Å². The van der Waals surface area contributed by atoms with Crippen molar-refractivity contribution in [2.45, 2.75) is 6.04 Å². The predicted octanol–water partition coefficient (Wildman–Crippen LogP) is 5.31. The van der Waals surface area contributed by atoms with Crippen molar-refractivity contribution in [3.05, 3.63) is 104 Å². The maximum absolute atomic E-state index is 13.5. The lowest BCUT2D eigenvalue weighted by Gasteiger charge is -2.25. The Labute approximate surface area is 180 Å². The lowest BCUT2D eigenvalue weighted by molar-refractivity contribution is 0.0971. The Bertz CT molecular complexity index is 1340. The molecule has 1 atom stereocenters. The second-order valence-corrected chi connectivity index (χ2v) is 7.92. The number of fused-ring (bicyclic) bond motifs is 2. The Morgan fingerprint density at radius 3 is 2.47 bits per heavy atom. The van der Waals surface area contributed by atoms with Crippen LogP contribution in [0.4, 0.5) is 5.69 Å². The number of ether oxygens (including phenoxy) is 1. The Hall–Kier alpha value is -3.38. The first-order chi connectivity index (χ1) is 14.6. The van der Waals surface area contributed by atoms with E-state index in [4.69, 9.17) is 9.15 Å². The molecule has 3 aromatic carbocycles. The highest BCUT2D eigenvalue weighted by atomic mass is 79.9. The SMILES string of the molecule is COc1ccc(C2c3c(oc4ccccc4c3=O)C(=O)N2c2cccc(Br)c2)cc1. The number of carbonyl (C=O) groups is 1. The molecule has 2 heterocycles. The van der Waals surface area contributed by atoms with Crippen molar-refractivity contribution in [2.24, 2.45) is 0 Å². The zero-order valence-electron chi connectivity index (χ0n) is 16.0. The molecule has 6 heteroatoms. The second kappa shape index (κ2) is 7.15. The van der Waals surface area contributed by atoms with Crippen LogP contribution in [0, 0.1) is 0 Å². The molecular formula is C24H16BrNO4. The van der Waals surface area contributed by atoms with E-state index in [0.717, 1.165) is 10.0 Å². The third-order valence-corrected chi connectivity index (χ3v) is 5.79. The van der Waals surface area contributed by atoms with Gasteiger partial charge in [-0.2, -0.15) is 0 Å². The summed E-state index contributed by atoms with van der Waals surface area (Å²) in [6, 6.07) is 21.2.